The number of alkyl halides is 3. The minimum absolute atomic E-state index is 0.0371. The first kappa shape index (κ1) is 23.0. The minimum Gasteiger partial charge on any atom is -0.461 e. The lowest BCUT2D eigenvalue weighted by Crippen LogP contribution is -2.51. The van der Waals surface area contributed by atoms with Gasteiger partial charge < -0.3 is 14.6 Å². The number of anilines is 1. The smallest absolute Gasteiger partial charge is 0.461 e. The lowest BCUT2D eigenvalue weighted by atomic mass is 9.66. The minimum atomic E-state index is -4.99. The molecule has 0 spiro atoms. The molecule has 0 bridgehead atoms. The number of esters is 1. The van der Waals surface area contributed by atoms with Gasteiger partial charge in [-0.3, -0.25) is 9.69 Å². The van der Waals surface area contributed by atoms with Crippen LogP contribution in [0.5, 0.6) is 0 Å². The summed E-state index contributed by atoms with van der Waals surface area (Å²) in [7, 11) is 0. The predicted molar refractivity (Wildman–Crippen MR) is 122 cm³/mol. The Morgan fingerprint density at radius 2 is 2.03 bits per heavy atom. The first-order valence-corrected chi connectivity index (χ1v) is 11.9. The zero-order chi connectivity index (χ0) is 24.3. The van der Waals surface area contributed by atoms with Crippen molar-refractivity contribution in [1.29, 1.82) is 0 Å². The van der Waals surface area contributed by atoms with Gasteiger partial charge in [0.25, 0.3) is 0 Å². The average molecular weight is 476 g/mol. The number of aromatic nitrogens is 1. The van der Waals surface area contributed by atoms with Crippen LogP contribution in [0.1, 0.15) is 56.8 Å². The number of rotatable bonds is 5. The summed E-state index contributed by atoms with van der Waals surface area (Å²) in [6.07, 6.45) is 1.41. The molecular weight excluding hydrogens is 447 g/mol. The molecule has 6 nitrogen and oxygen atoms in total. The molecule has 1 amide bonds. The van der Waals surface area contributed by atoms with E-state index < -0.39 is 18.1 Å². The van der Waals surface area contributed by atoms with E-state index in [4.69, 9.17) is 4.74 Å². The summed E-state index contributed by atoms with van der Waals surface area (Å²) in [6, 6.07) is 4.87. The summed E-state index contributed by atoms with van der Waals surface area (Å²) in [6.45, 7) is 6.23. The number of nitrogens with zero attached hydrogens (tertiary/aromatic N) is 2. The number of fused-ring (bicyclic) bond motifs is 3. The van der Waals surface area contributed by atoms with Crippen LogP contribution in [0.15, 0.2) is 24.3 Å². The molecule has 1 N–H and O–H groups in total. The van der Waals surface area contributed by atoms with Gasteiger partial charge in [-0.1, -0.05) is 19.9 Å². The second kappa shape index (κ2) is 8.15. The van der Waals surface area contributed by atoms with Crippen molar-refractivity contribution in [3.05, 3.63) is 35.5 Å². The molecule has 1 aromatic heterocycles. The van der Waals surface area contributed by atoms with Crippen LogP contribution in [0, 0.1) is 5.41 Å². The van der Waals surface area contributed by atoms with Crippen molar-refractivity contribution in [1.82, 2.24) is 9.47 Å². The Labute approximate surface area is 195 Å². The molecule has 2 aromatic rings. The third kappa shape index (κ3) is 3.43. The molecule has 4 heterocycles. The molecular formula is C25H28F3N3O3. The van der Waals surface area contributed by atoms with Gasteiger partial charge in [0.05, 0.1) is 18.2 Å². The van der Waals surface area contributed by atoms with E-state index in [1.807, 2.05) is 22.9 Å². The lowest BCUT2D eigenvalue weighted by Gasteiger charge is -2.53. The molecule has 0 aliphatic carbocycles. The number of carbonyl (C=O) groups is 2. The Kier molecular flexibility index (Phi) is 5.50. The fraction of sp³-hybridized carbons (Fsp3) is 0.520. The Hall–Kier alpha value is -2.81. The van der Waals surface area contributed by atoms with Crippen LogP contribution < -0.4 is 5.32 Å². The van der Waals surface area contributed by atoms with Gasteiger partial charge >= 0.3 is 18.1 Å². The number of benzene rings is 1. The second-order valence-electron chi connectivity index (χ2n) is 9.43. The van der Waals surface area contributed by atoms with Gasteiger partial charge in [-0.25, -0.2) is 4.79 Å². The molecule has 2 atom stereocenters. The first-order chi connectivity index (χ1) is 16.2. The van der Waals surface area contributed by atoms with Crippen LogP contribution >= 0.6 is 0 Å². The van der Waals surface area contributed by atoms with Crippen molar-refractivity contribution >= 4 is 34.2 Å². The fourth-order valence-corrected chi connectivity index (χ4v) is 6.03. The molecule has 0 saturated carbocycles. The predicted octanol–water partition coefficient (Wildman–Crippen LogP) is 5.04. The highest BCUT2D eigenvalue weighted by atomic mass is 19.4. The summed E-state index contributed by atoms with van der Waals surface area (Å²) in [5.74, 6) is -2.45. The average Bonchev–Trinajstić information content (AvgIpc) is 3.14. The van der Waals surface area contributed by atoms with Crippen LogP contribution in [0.25, 0.3) is 16.6 Å². The normalized spacial score (nSPS) is 23.9. The number of hydrogen-bond acceptors (Lipinski definition) is 4. The summed E-state index contributed by atoms with van der Waals surface area (Å²) in [4.78, 5) is 27.3. The molecule has 1 aromatic carbocycles. The van der Waals surface area contributed by atoms with Crippen LogP contribution in [0.3, 0.4) is 0 Å². The highest BCUT2D eigenvalue weighted by Crippen LogP contribution is 2.57. The fourth-order valence-electron chi connectivity index (χ4n) is 6.03. The van der Waals surface area contributed by atoms with Crippen molar-refractivity contribution in [2.24, 2.45) is 5.41 Å². The Balaban J connectivity index is 1.72. The number of piperidine rings is 1. The van der Waals surface area contributed by atoms with Gasteiger partial charge in [-0.2, -0.15) is 13.2 Å². The van der Waals surface area contributed by atoms with Crippen molar-refractivity contribution < 1.29 is 27.5 Å². The number of nitrogens with one attached hydrogen (secondary N) is 1. The molecule has 1 fully saturated rings. The zero-order valence-electron chi connectivity index (χ0n) is 19.3. The molecule has 3 aliphatic heterocycles. The van der Waals surface area contributed by atoms with E-state index >= 15 is 0 Å². The zero-order valence-corrected chi connectivity index (χ0v) is 19.3. The third-order valence-corrected chi connectivity index (χ3v) is 7.50. The standard InChI is InChI=1S/C25H28F3N3O3/c1-3-12-34-22(32)19-14-24(4-2)9-5-10-30-11-8-17-16-7-6-15(29-23(33)25(26,27)28)13-18(16)31(19)20(17)21(24)30/h6-7,13-14,21H,3-5,8-12H2,1-2H3,(H,29,33)/t21-,24+/m1/s1. The third-order valence-electron chi connectivity index (χ3n) is 7.50. The number of halogens is 3. The Morgan fingerprint density at radius 3 is 2.74 bits per heavy atom. The van der Waals surface area contributed by atoms with Crippen molar-refractivity contribution in [2.75, 3.05) is 25.0 Å². The maximum atomic E-state index is 13.3. The van der Waals surface area contributed by atoms with Gasteiger partial charge in [0.2, 0.25) is 0 Å². The van der Waals surface area contributed by atoms with Crippen molar-refractivity contribution in [3.8, 4) is 0 Å². The summed E-state index contributed by atoms with van der Waals surface area (Å²) >= 11 is 0. The van der Waals surface area contributed by atoms with E-state index in [9.17, 15) is 22.8 Å². The summed E-state index contributed by atoms with van der Waals surface area (Å²) < 4.78 is 46.0. The van der Waals surface area contributed by atoms with E-state index in [1.54, 1.807) is 6.07 Å². The molecule has 0 unspecified atom stereocenters. The van der Waals surface area contributed by atoms with Gasteiger partial charge in [0.1, 0.15) is 5.70 Å². The highest BCUT2D eigenvalue weighted by Gasteiger charge is 2.51. The quantitative estimate of drug-likeness (QED) is 0.616. The van der Waals surface area contributed by atoms with Crippen LogP contribution in [0.2, 0.25) is 0 Å². The van der Waals surface area contributed by atoms with Gasteiger partial charge in [0.15, 0.2) is 0 Å². The Bertz CT molecular complexity index is 1200. The van der Waals surface area contributed by atoms with Gasteiger partial charge in [0, 0.05) is 28.7 Å². The number of amides is 1. The van der Waals surface area contributed by atoms with Gasteiger partial charge in [-0.15, -0.1) is 0 Å². The number of ether oxygens (including phenoxy) is 1. The van der Waals surface area contributed by atoms with Crippen LogP contribution in [-0.2, 0) is 20.7 Å². The van der Waals surface area contributed by atoms with Crippen molar-refractivity contribution in [2.45, 2.75) is 58.2 Å². The topological polar surface area (TPSA) is 63.6 Å². The molecule has 182 valence electrons. The first-order valence-electron chi connectivity index (χ1n) is 11.9. The van der Waals surface area contributed by atoms with E-state index in [2.05, 4.69) is 11.8 Å². The largest absolute Gasteiger partial charge is 0.471 e. The highest BCUT2D eigenvalue weighted by molar-refractivity contribution is 6.13. The molecule has 9 heteroatoms. The molecule has 5 rings (SSSR count). The molecule has 0 radical (unpaired) electrons. The summed E-state index contributed by atoms with van der Waals surface area (Å²) in [5, 5.41) is 2.84. The monoisotopic (exact) mass is 475 g/mol. The van der Waals surface area contributed by atoms with E-state index in [-0.39, 0.29) is 17.1 Å². The number of hydrogen-bond donors (Lipinski definition) is 1. The molecule has 1 saturated heterocycles. The van der Waals surface area contributed by atoms with E-state index in [0.29, 0.717) is 24.2 Å². The summed E-state index contributed by atoms with van der Waals surface area (Å²) in [5.41, 5.74) is 3.02. The van der Waals surface area contributed by atoms with Gasteiger partial charge in [-0.05, 0) is 62.4 Å². The SMILES string of the molecule is CCCOC(=O)C1=C[C@]2(CC)CCCN3CCc4c(n1c1cc(NC(=O)C(F)(F)F)ccc41)[C@@H]32. The van der Waals surface area contributed by atoms with Crippen molar-refractivity contribution in [3.63, 3.8) is 0 Å². The second-order valence-corrected chi connectivity index (χ2v) is 9.43. The van der Waals surface area contributed by atoms with E-state index in [0.717, 1.165) is 55.4 Å². The Morgan fingerprint density at radius 1 is 1.24 bits per heavy atom. The number of carbonyl (C=O) groups excluding carboxylic acids is 2. The van der Waals surface area contributed by atoms with Crippen LogP contribution in [-0.4, -0.2) is 47.2 Å². The molecule has 3 aliphatic rings. The maximum Gasteiger partial charge on any atom is 0.471 e. The van der Waals surface area contributed by atoms with E-state index in [1.165, 1.54) is 12.1 Å². The lowest BCUT2D eigenvalue weighted by molar-refractivity contribution is -0.167. The molecule has 34 heavy (non-hydrogen) atoms. The van der Waals surface area contributed by atoms with Crippen LogP contribution in [0.4, 0.5) is 18.9 Å². The maximum absolute atomic E-state index is 13.3.